The highest BCUT2D eigenvalue weighted by Crippen LogP contribution is 2.59. The average Bonchev–Trinajstić information content (AvgIpc) is 2.76. The molecule has 0 spiro atoms. The highest BCUT2D eigenvalue weighted by Gasteiger charge is 2.57. The van der Waals surface area contributed by atoms with Crippen LogP contribution in [-0.2, 0) is 14.3 Å². The summed E-state index contributed by atoms with van der Waals surface area (Å²) in [6.07, 6.45) is 0. The quantitative estimate of drug-likeness (QED) is 0.485. The summed E-state index contributed by atoms with van der Waals surface area (Å²) in [7, 11) is -2.61. The van der Waals surface area contributed by atoms with Crippen LogP contribution in [0.1, 0.15) is 13.8 Å². The monoisotopic (exact) mass is 406 g/mol. The van der Waals surface area contributed by atoms with Crippen LogP contribution < -0.4 is 21.2 Å². The number of rotatable bonds is 7. The Morgan fingerprint density at radius 3 is 1.48 bits per heavy atom. The van der Waals surface area contributed by atoms with Gasteiger partial charge in [-0.3, -0.25) is 4.79 Å². The molecule has 1 amide bonds. The molecule has 0 radical (unpaired) electrons. The van der Waals surface area contributed by atoms with Crippen molar-refractivity contribution >= 4 is 35.1 Å². The van der Waals surface area contributed by atoms with Crippen molar-refractivity contribution in [1.82, 2.24) is 5.32 Å². The zero-order valence-electron chi connectivity index (χ0n) is 16.6. The molecule has 5 heteroatoms. The Morgan fingerprint density at radius 2 is 1.17 bits per heavy atom. The molecule has 0 aliphatic rings. The Morgan fingerprint density at radius 1 is 0.793 bits per heavy atom. The third-order valence-electron chi connectivity index (χ3n) is 4.73. The van der Waals surface area contributed by atoms with E-state index in [1.807, 2.05) is 91.0 Å². The number of benzene rings is 3. The summed E-state index contributed by atoms with van der Waals surface area (Å²) in [6.45, 7) is 3.45. The maximum absolute atomic E-state index is 13.2. The molecule has 0 aliphatic carbocycles. The van der Waals surface area contributed by atoms with Crippen LogP contribution in [0.25, 0.3) is 0 Å². The van der Waals surface area contributed by atoms with Crippen LogP contribution in [0.5, 0.6) is 0 Å². The molecule has 1 unspecified atom stereocenters. The van der Waals surface area contributed by atoms with Gasteiger partial charge in [-0.15, -0.1) is 0 Å². The number of nitrogens with one attached hydrogen (secondary N) is 1. The van der Waals surface area contributed by atoms with Gasteiger partial charge < -0.3 is 10.1 Å². The molecule has 0 bridgehead atoms. The maximum Gasteiger partial charge on any atom is 0.369 e. The van der Waals surface area contributed by atoms with Crippen molar-refractivity contribution in [3.05, 3.63) is 91.0 Å². The number of esters is 1. The standard InChI is InChI=1S/C24H24NO3P/c1-3-28-24(27)23(25-19(2)26)29(20-13-7-4-8-14-20,21-15-9-5-10-16-21)22-17-11-6-12-18-22/h4-18,23H,3H2,1-2H3/p+1. The fourth-order valence-corrected chi connectivity index (χ4v) is 8.09. The van der Waals surface area contributed by atoms with E-state index in [-0.39, 0.29) is 12.5 Å². The normalized spacial score (nSPS) is 12.1. The van der Waals surface area contributed by atoms with Gasteiger partial charge in [0.1, 0.15) is 23.2 Å². The van der Waals surface area contributed by atoms with Crippen molar-refractivity contribution in [3.8, 4) is 0 Å². The fourth-order valence-electron chi connectivity index (χ4n) is 3.61. The Balaban J connectivity index is 2.40. The third-order valence-corrected chi connectivity index (χ3v) is 9.18. The van der Waals surface area contributed by atoms with Gasteiger partial charge >= 0.3 is 5.97 Å². The van der Waals surface area contributed by atoms with E-state index in [1.165, 1.54) is 6.92 Å². The molecule has 0 heterocycles. The molecule has 148 valence electrons. The summed E-state index contributed by atoms with van der Waals surface area (Å²) >= 11 is 0. The molecular weight excluding hydrogens is 381 g/mol. The van der Waals surface area contributed by atoms with Gasteiger partial charge in [-0.2, -0.15) is 0 Å². The first-order chi connectivity index (χ1) is 14.1. The average molecular weight is 406 g/mol. The summed E-state index contributed by atoms with van der Waals surface area (Å²) in [5, 5.41) is 5.95. The van der Waals surface area contributed by atoms with Crippen LogP contribution in [0.2, 0.25) is 0 Å². The van der Waals surface area contributed by atoms with Gasteiger partial charge in [0.2, 0.25) is 5.91 Å². The lowest BCUT2D eigenvalue weighted by molar-refractivity contribution is -0.144. The van der Waals surface area contributed by atoms with E-state index in [9.17, 15) is 9.59 Å². The van der Waals surface area contributed by atoms with Crippen LogP contribution in [-0.4, -0.2) is 24.3 Å². The lowest BCUT2D eigenvalue weighted by Gasteiger charge is -2.33. The smallest absolute Gasteiger partial charge is 0.369 e. The Hall–Kier alpha value is -2.97. The van der Waals surface area contributed by atoms with Crippen LogP contribution in [0.15, 0.2) is 91.0 Å². The van der Waals surface area contributed by atoms with Gasteiger partial charge in [-0.25, -0.2) is 4.79 Å². The molecule has 3 rings (SSSR count). The van der Waals surface area contributed by atoms with Gasteiger partial charge in [0.05, 0.1) is 6.61 Å². The van der Waals surface area contributed by atoms with E-state index >= 15 is 0 Å². The van der Waals surface area contributed by atoms with Crippen LogP contribution in [0.3, 0.4) is 0 Å². The van der Waals surface area contributed by atoms with E-state index in [2.05, 4.69) is 5.32 Å². The molecule has 3 aromatic carbocycles. The largest absolute Gasteiger partial charge is 0.462 e. The molecular formula is C24H25NO3P+. The molecule has 29 heavy (non-hydrogen) atoms. The van der Waals surface area contributed by atoms with Crippen molar-refractivity contribution < 1.29 is 14.3 Å². The molecule has 0 aromatic heterocycles. The first kappa shape index (κ1) is 20.8. The minimum absolute atomic E-state index is 0.243. The van der Waals surface area contributed by atoms with E-state index in [0.717, 1.165) is 15.9 Å². The SMILES string of the molecule is CCOC(=O)C(NC(C)=O)[P+](c1ccccc1)(c1ccccc1)c1ccccc1. The van der Waals surface area contributed by atoms with E-state index < -0.39 is 19.0 Å². The van der Waals surface area contributed by atoms with Gasteiger partial charge in [0, 0.05) is 6.92 Å². The number of carbonyl (C=O) groups excluding carboxylic acids is 2. The Bertz CT molecular complexity index is 849. The number of hydrogen-bond donors (Lipinski definition) is 1. The van der Waals surface area contributed by atoms with Crippen molar-refractivity contribution in [2.75, 3.05) is 6.61 Å². The second-order valence-electron chi connectivity index (χ2n) is 6.58. The van der Waals surface area contributed by atoms with Crippen molar-refractivity contribution in [1.29, 1.82) is 0 Å². The summed E-state index contributed by atoms with van der Waals surface area (Å²) in [4.78, 5) is 25.4. The van der Waals surface area contributed by atoms with Crippen molar-refractivity contribution in [3.63, 3.8) is 0 Å². The number of hydrogen-bond acceptors (Lipinski definition) is 3. The number of ether oxygens (including phenoxy) is 1. The van der Waals surface area contributed by atoms with E-state index in [1.54, 1.807) is 6.92 Å². The highest BCUT2D eigenvalue weighted by atomic mass is 31.2. The van der Waals surface area contributed by atoms with Crippen LogP contribution >= 0.6 is 7.26 Å². The van der Waals surface area contributed by atoms with Gasteiger partial charge in [0.25, 0.3) is 5.78 Å². The molecule has 0 aliphatic heterocycles. The second-order valence-corrected chi connectivity index (χ2v) is 10.1. The molecule has 3 aromatic rings. The summed E-state index contributed by atoms with van der Waals surface area (Å²) < 4.78 is 5.45. The summed E-state index contributed by atoms with van der Waals surface area (Å²) in [5.74, 6) is -1.52. The molecule has 0 saturated heterocycles. The first-order valence-corrected chi connectivity index (χ1v) is 11.5. The van der Waals surface area contributed by atoms with E-state index in [4.69, 9.17) is 4.74 Å². The lowest BCUT2D eigenvalue weighted by Crippen LogP contribution is -2.51. The van der Waals surface area contributed by atoms with Crippen molar-refractivity contribution in [2.24, 2.45) is 0 Å². The Kier molecular flexibility index (Phi) is 6.79. The minimum Gasteiger partial charge on any atom is -0.462 e. The predicted molar refractivity (Wildman–Crippen MR) is 119 cm³/mol. The zero-order chi connectivity index (χ0) is 20.7. The summed E-state index contributed by atoms with van der Waals surface area (Å²) in [6, 6.07) is 29.8. The molecule has 4 nitrogen and oxygen atoms in total. The van der Waals surface area contributed by atoms with Crippen LogP contribution in [0.4, 0.5) is 0 Å². The second kappa shape index (κ2) is 9.49. The third kappa shape index (κ3) is 4.23. The Labute approximate surface area is 172 Å². The lowest BCUT2D eigenvalue weighted by atomic mass is 10.3. The fraction of sp³-hybridized carbons (Fsp3) is 0.167. The van der Waals surface area contributed by atoms with Crippen LogP contribution in [0, 0.1) is 0 Å². The molecule has 1 atom stereocenters. The maximum atomic E-state index is 13.2. The van der Waals surface area contributed by atoms with Crippen molar-refractivity contribution in [2.45, 2.75) is 19.6 Å². The number of carbonyl (C=O) groups is 2. The number of amides is 1. The van der Waals surface area contributed by atoms with Gasteiger partial charge in [-0.1, -0.05) is 54.6 Å². The molecule has 1 N–H and O–H groups in total. The van der Waals surface area contributed by atoms with E-state index in [0.29, 0.717) is 0 Å². The van der Waals surface area contributed by atoms with Gasteiger partial charge in [0.15, 0.2) is 0 Å². The minimum atomic E-state index is -2.61. The predicted octanol–water partition coefficient (Wildman–Crippen LogP) is 3.01. The first-order valence-electron chi connectivity index (χ1n) is 9.60. The van der Waals surface area contributed by atoms with Gasteiger partial charge in [-0.05, 0) is 43.3 Å². The highest BCUT2D eigenvalue weighted by molar-refractivity contribution is 7.96. The topological polar surface area (TPSA) is 55.4 Å². The molecule has 0 saturated carbocycles. The summed E-state index contributed by atoms with van der Waals surface area (Å²) in [5.41, 5.74) is 0. The molecule has 0 fully saturated rings. The zero-order valence-corrected chi connectivity index (χ0v) is 17.5.